The van der Waals surface area contributed by atoms with Crippen LogP contribution in [0.3, 0.4) is 0 Å². The van der Waals surface area contributed by atoms with Crippen molar-refractivity contribution in [3.05, 3.63) is 32.5 Å². The van der Waals surface area contributed by atoms with E-state index < -0.39 is 29.4 Å². The second-order valence-corrected chi connectivity index (χ2v) is 3.67. The Balaban J connectivity index is 3.05. The molecule has 0 bridgehead atoms. The summed E-state index contributed by atoms with van der Waals surface area (Å²) in [6, 6.07) is 1.72. The average molecular weight is 299 g/mol. The van der Waals surface area contributed by atoms with Crippen LogP contribution in [0.1, 0.15) is 0 Å². The van der Waals surface area contributed by atoms with Gasteiger partial charge in [0.05, 0.1) is 15.9 Å². The molecule has 0 saturated heterocycles. The zero-order valence-corrected chi connectivity index (χ0v) is 9.30. The molecular weight excluding hydrogens is 293 g/mol. The lowest BCUT2D eigenvalue weighted by molar-refractivity contribution is -0.384. The quantitative estimate of drug-likeness (QED) is 0.686. The molecule has 0 radical (unpaired) electrons. The zero-order valence-electron chi connectivity index (χ0n) is 7.71. The molecule has 0 aromatic heterocycles. The van der Waals surface area contributed by atoms with E-state index in [0.29, 0.717) is 0 Å². The molecule has 16 heavy (non-hydrogen) atoms. The average Bonchev–Trinajstić information content (AvgIpc) is 2.18. The van der Waals surface area contributed by atoms with E-state index in [2.05, 4.69) is 21.2 Å². The highest BCUT2D eigenvalue weighted by Crippen LogP contribution is 2.30. The standard InChI is InChI=1S/C8H6BrF3N2O2/c9-4-1-7(14(15)16)6(2-5(4)10)13-3-8(11)12/h1-2,8,13H,3H2. The van der Waals surface area contributed by atoms with Crippen LogP contribution in [0, 0.1) is 15.9 Å². The number of alkyl halides is 2. The SMILES string of the molecule is O=[N+]([O-])c1cc(Br)c(F)cc1NCC(F)F. The van der Waals surface area contributed by atoms with Crippen molar-refractivity contribution < 1.29 is 18.1 Å². The van der Waals surface area contributed by atoms with Crippen LogP contribution < -0.4 is 5.32 Å². The smallest absolute Gasteiger partial charge is 0.293 e. The first-order valence-corrected chi connectivity index (χ1v) is 4.86. The summed E-state index contributed by atoms with van der Waals surface area (Å²) in [5.41, 5.74) is -0.736. The van der Waals surface area contributed by atoms with E-state index in [1.54, 1.807) is 0 Å². The minimum absolute atomic E-state index is 0.0956. The fraction of sp³-hybridized carbons (Fsp3) is 0.250. The molecule has 0 fully saturated rings. The molecular formula is C8H6BrF3N2O2. The Bertz CT molecular complexity index is 415. The first-order chi connectivity index (χ1) is 7.41. The van der Waals surface area contributed by atoms with E-state index in [1.165, 1.54) is 0 Å². The molecule has 0 unspecified atom stereocenters. The number of nitrogens with one attached hydrogen (secondary N) is 1. The molecule has 0 aliphatic rings. The summed E-state index contributed by atoms with van der Waals surface area (Å²) in [4.78, 5) is 9.78. The molecule has 0 aliphatic carbocycles. The molecule has 0 spiro atoms. The Labute approximate surface area is 96.7 Å². The normalized spacial score (nSPS) is 10.6. The van der Waals surface area contributed by atoms with E-state index in [0.717, 1.165) is 12.1 Å². The summed E-state index contributed by atoms with van der Waals surface area (Å²) < 4.78 is 36.8. The molecule has 8 heteroatoms. The third-order valence-electron chi connectivity index (χ3n) is 1.68. The summed E-state index contributed by atoms with van der Waals surface area (Å²) in [6.07, 6.45) is -2.67. The van der Waals surface area contributed by atoms with Crippen molar-refractivity contribution in [2.45, 2.75) is 6.43 Å². The van der Waals surface area contributed by atoms with E-state index in [9.17, 15) is 23.3 Å². The molecule has 1 N–H and O–H groups in total. The Morgan fingerprint density at radius 1 is 1.50 bits per heavy atom. The summed E-state index contributed by atoms with van der Waals surface area (Å²) in [6.45, 7) is -0.776. The van der Waals surface area contributed by atoms with Gasteiger partial charge >= 0.3 is 0 Å². The van der Waals surface area contributed by atoms with E-state index in [1.807, 2.05) is 0 Å². The predicted octanol–water partition coefficient (Wildman–Crippen LogP) is 3.17. The monoisotopic (exact) mass is 298 g/mol. The highest BCUT2D eigenvalue weighted by molar-refractivity contribution is 9.10. The van der Waals surface area contributed by atoms with Gasteiger partial charge in [-0.25, -0.2) is 13.2 Å². The summed E-state index contributed by atoms with van der Waals surface area (Å²) in [7, 11) is 0. The summed E-state index contributed by atoms with van der Waals surface area (Å²) in [5.74, 6) is -0.762. The van der Waals surface area contributed by atoms with Gasteiger partial charge < -0.3 is 5.32 Å². The number of hydrogen-bond donors (Lipinski definition) is 1. The zero-order chi connectivity index (χ0) is 12.3. The van der Waals surface area contributed by atoms with Gasteiger partial charge in [0.25, 0.3) is 12.1 Å². The van der Waals surface area contributed by atoms with Gasteiger partial charge in [0.1, 0.15) is 11.5 Å². The molecule has 0 heterocycles. The van der Waals surface area contributed by atoms with Gasteiger partial charge in [-0.15, -0.1) is 0 Å². The Hall–Kier alpha value is -1.31. The van der Waals surface area contributed by atoms with E-state index >= 15 is 0 Å². The maximum Gasteiger partial charge on any atom is 0.293 e. The van der Waals surface area contributed by atoms with Crippen molar-refractivity contribution in [3.63, 3.8) is 0 Å². The van der Waals surface area contributed by atoms with Crippen molar-refractivity contribution in [2.75, 3.05) is 11.9 Å². The Morgan fingerprint density at radius 2 is 2.12 bits per heavy atom. The maximum atomic E-state index is 13.1. The number of nitro benzene ring substituents is 1. The largest absolute Gasteiger partial charge is 0.374 e. The Morgan fingerprint density at radius 3 is 2.62 bits per heavy atom. The number of hydrogen-bond acceptors (Lipinski definition) is 3. The van der Waals surface area contributed by atoms with Crippen LogP contribution in [0.2, 0.25) is 0 Å². The van der Waals surface area contributed by atoms with Crippen LogP contribution in [0.25, 0.3) is 0 Å². The minimum atomic E-state index is -2.67. The molecule has 0 amide bonds. The van der Waals surface area contributed by atoms with Crippen molar-refractivity contribution in [3.8, 4) is 0 Å². The first-order valence-electron chi connectivity index (χ1n) is 4.07. The van der Waals surface area contributed by atoms with Crippen molar-refractivity contribution >= 4 is 27.3 Å². The van der Waals surface area contributed by atoms with Crippen LogP contribution in [0.4, 0.5) is 24.5 Å². The molecule has 0 atom stereocenters. The maximum absolute atomic E-state index is 13.1. The van der Waals surface area contributed by atoms with Crippen molar-refractivity contribution in [1.82, 2.24) is 0 Å². The van der Waals surface area contributed by atoms with E-state index in [-0.39, 0.29) is 10.2 Å². The van der Waals surface area contributed by atoms with Gasteiger partial charge in [0.2, 0.25) is 0 Å². The summed E-state index contributed by atoms with van der Waals surface area (Å²) >= 11 is 2.77. The third-order valence-corrected chi connectivity index (χ3v) is 2.29. The summed E-state index contributed by atoms with van der Waals surface area (Å²) in [5, 5.41) is 12.7. The lowest BCUT2D eigenvalue weighted by atomic mass is 10.2. The topological polar surface area (TPSA) is 55.2 Å². The second kappa shape index (κ2) is 5.15. The Kier molecular flexibility index (Phi) is 4.11. The molecule has 0 saturated carbocycles. The van der Waals surface area contributed by atoms with Gasteiger partial charge in [0, 0.05) is 12.1 Å². The first kappa shape index (κ1) is 12.8. The number of halogens is 4. The highest BCUT2D eigenvalue weighted by Gasteiger charge is 2.18. The number of nitro groups is 1. The molecule has 1 rings (SSSR count). The van der Waals surface area contributed by atoms with Crippen LogP contribution in [0.15, 0.2) is 16.6 Å². The highest BCUT2D eigenvalue weighted by atomic mass is 79.9. The van der Waals surface area contributed by atoms with Crippen LogP contribution in [-0.2, 0) is 0 Å². The molecule has 1 aromatic carbocycles. The third kappa shape index (κ3) is 3.09. The fourth-order valence-electron chi connectivity index (χ4n) is 1.02. The van der Waals surface area contributed by atoms with Crippen LogP contribution >= 0.6 is 15.9 Å². The number of anilines is 1. The van der Waals surface area contributed by atoms with Gasteiger partial charge in [-0.05, 0) is 15.9 Å². The number of rotatable bonds is 4. The van der Waals surface area contributed by atoms with Crippen molar-refractivity contribution in [2.24, 2.45) is 0 Å². The molecule has 0 aliphatic heterocycles. The molecule has 88 valence electrons. The van der Waals surface area contributed by atoms with Gasteiger partial charge in [-0.3, -0.25) is 10.1 Å². The minimum Gasteiger partial charge on any atom is -0.374 e. The lowest BCUT2D eigenvalue weighted by Crippen LogP contribution is -2.11. The van der Waals surface area contributed by atoms with Crippen molar-refractivity contribution in [1.29, 1.82) is 0 Å². The molecule has 4 nitrogen and oxygen atoms in total. The molecule has 1 aromatic rings. The van der Waals surface area contributed by atoms with Crippen LogP contribution in [-0.4, -0.2) is 17.9 Å². The van der Waals surface area contributed by atoms with E-state index in [4.69, 9.17) is 0 Å². The number of nitrogens with zero attached hydrogens (tertiary/aromatic N) is 1. The van der Waals surface area contributed by atoms with Crippen LogP contribution in [0.5, 0.6) is 0 Å². The predicted molar refractivity (Wildman–Crippen MR) is 55.2 cm³/mol. The lowest BCUT2D eigenvalue weighted by Gasteiger charge is -2.07. The van der Waals surface area contributed by atoms with Gasteiger partial charge in [-0.2, -0.15) is 0 Å². The van der Waals surface area contributed by atoms with Gasteiger partial charge in [0.15, 0.2) is 0 Å². The second-order valence-electron chi connectivity index (χ2n) is 2.81. The fourth-order valence-corrected chi connectivity index (χ4v) is 1.35. The number of benzene rings is 1. The van der Waals surface area contributed by atoms with Gasteiger partial charge in [-0.1, -0.05) is 0 Å².